The molecule has 0 unspecified atom stereocenters. The molecule has 0 atom stereocenters. The lowest BCUT2D eigenvalue weighted by Crippen LogP contribution is -2.00. The number of hydrogen-bond donors (Lipinski definition) is 0. The van der Waals surface area contributed by atoms with Crippen LogP contribution in [0, 0.1) is 12.7 Å². The van der Waals surface area contributed by atoms with Gasteiger partial charge in [-0.1, -0.05) is 15.9 Å². The molecule has 1 aromatic carbocycles. The molecule has 0 amide bonds. The van der Waals surface area contributed by atoms with Crippen molar-refractivity contribution in [1.29, 1.82) is 0 Å². The minimum atomic E-state index is -0.339. The van der Waals surface area contributed by atoms with Crippen LogP contribution in [0.1, 0.15) is 5.69 Å². The van der Waals surface area contributed by atoms with Gasteiger partial charge in [0.2, 0.25) is 0 Å². The van der Waals surface area contributed by atoms with Gasteiger partial charge in [-0.3, -0.25) is 14.5 Å². The first kappa shape index (κ1) is 15.0. The SMILES string of the molecule is Cc1ccc(-n2c(-c3ccc(Br)cc3F)nc3ccncc32)cn1. The minimum Gasteiger partial charge on any atom is -0.289 e. The summed E-state index contributed by atoms with van der Waals surface area (Å²) in [4.78, 5) is 13.1. The lowest BCUT2D eigenvalue weighted by molar-refractivity contribution is 0.629. The second-order valence-electron chi connectivity index (χ2n) is 5.42. The van der Waals surface area contributed by atoms with Gasteiger partial charge in [0.05, 0.1) is 34.7 Å². The van der Waals surface area contributed by atoms with E-state index in [1.165, 1.54) is 6.07 Å². The van der Waals surface area contributed by atoms with Gasteiger partial charge >= 0.3 is 0 Å². The summed E-state index contributed by atoms with van der Waals surface area (Å²) >= 11 is 3.29. The molecule has 0 aliphatic rings. The van der Waals surface area contributed by atoms with E-state index in [0.29, 0.717) is 15.9 Å². The van der Waals surface area contributed by atoms with Crippen LogP contribution in [0.5, 0.6) is 0 Å². The van der Waals surface area contributed by atoms with E-state index in [4.69, 9.17) is 0 Å². The standard InChI is InChI=1S/C18H12BrFN4/c1-11-2-4-13(9-22-11)24-17-10-21-7-6-16(17)23-18(24)14-5-3-12(19)8-15(14)20/h2-10H,1H3. The number of rotatable bonds is 2. The van der Waals surface area contributed by atoms with E-state index >= 15 is 0 Å². The maximum Gasteiger partial charge on any atom is 0.148 e. The number of fused-ring (bicyclic) bond motifs is 1. The molecule has 3 heterocycles. The van der Waals surface area contributed by atoms with Crippen LogP contribution >= 0.6 is 15.9 Å². The molecular formula is C18H12BrFN4. The third-order valence-electron chi connectivity index (χ3n) is 3.78. The highest BCUT2D eigenvalue weighted by Gasteiger charge is 2.17. The fraction of sp³-hybridized carbons (Fsp3) is 0.0556. The van der Waals surface area contributed by atoms with E-state index in [0.717, 1.165) is 22.4 Å². The molecule has 6 heteroatoms. The average Bonchev–Trinajstić information content (AvgIpc) is 2.95. The summed E-state index contributed by atoms with van der Waals surface area (Å²) in [7, 11) is 0. The molecule has 0 fully saturated rings. The predicted octanol–water partition coefficient (Wildman–Crippen LogP) is 4.69. The van der Waals surface area contributed by atoms with Gasteiger partial charge in [-0.05, 0) is 43.3 Å². The normalized spacial score (nSPS) is 11.1. The van der Waals surface area contributed by atoms with Gasteiger partial charge in [0, 0.05) is 16.4 Å². The Hall–Kier alpha value is -2.60. The van der Waals surface area contributed by atoms with Crippen LogP contribution in [0.2, 0.25) is 0 Å². The van der Waals surface area contributed by atoms with Crippen molar-refractivity contribution < 1.29 is 4.39 Å². The van der Waals surface area contributed by atoms with E-state index < -0.39 is 0 Å². The highest BCUT2D eigenvalue weighted by atomic mass is 79.9. The van der Waals surface area contributed by atoms with Crippen molar-refractivity contribution in [2.75, 3.05) is 0 Å². The first-order valence-corrected chi connectivity index (χ1v) is 8.14. The van der Waals surface area contributed by atoms with E-state index in [2.05, 4.69) is 30.9 Å². The smallest absolute Gasteiger partial charge is 0.148 e. The van der Waals surface area contributed by atoms with Crippen LogP contribution in [0.4, 0.5) is 4.39 Å². The van der Waals surface area contributed by atoms with Gasteiger partial charge in [0.25, 0.3) is 0 Å². The Morgan fingerprint density at radius 2 is 1.96 bits per heavy atom. The highest BCUT2D eigenvalue weighted by Crippen LogP contribution is 2.30. The largest absolute Gasteiger partial charge is 0.289 e. The summed E-state index contributed by atoms with van der Waals surface area (Å²) in [5.74, 6) is 0.183. The molecule has 4 aromatic rings. The molecule has 0 saturated carbocycles. The Balaban J connectivity index is 2.05. The van der Waals surface area contributed by atoms with Crippen molar-refractivity contribution in [3.63, 3.8) is 0 Å². The number of aromatic nitrogens is 4. The number of halogens is 2. The number of imidazole rings is 1. The molecular weight excluding hydrogens is 371 g/mol. The fourth-order valence-electron chi connectivity index (χ4n) is 2.63. The monoisotopic (exact) mass is 382 g/mol. The van der Waals surface area contributed by atoms with Crippen LogP contribution in [0.25, 0.3) is 28.1 Å². The van der Waals surface area contributed by atoms with Gasteiger partial charge in [-0.25, -0.2) is 9.37 Å². The summed E-state index contributed by atoms with van der Waals surface area (Å²) in [5, 5.41) is 0. The van der Waals surface area contributed by atoms with Crippen LogP contribution < -0.4 is 0 Å². The zero-order chi connectivity index (χ0) is 16.7. The van der Waals surface area contributed by atoms with Gasteiger partial charge < -0.3 is 0 Å². The molecule has 4 rings (SSSR count). The Bertz CT molecular complexity index is 1040. The van der Waals surface area contributed by atoms with Crippen LogP contribution in [0.15, 0.2) is 59.5 Å². The lowest BCUT2D eigenvalue weighted by Gasteiger charge is -2.10. The first-order chi connectivity index (χ1) is 11.6. The van der Waals surface area contributed by atoms with Gasteiger partial charge in [-0.2, -0.15) is 0 Å². The molecule has 0 saturated heterocycles. The topological polar surface area (TPSA) is 43.6 Å². The van der Waals surface area contributed by atoms with Crippen LogP contribution in [0.3, 0.4) is 0 Å². The lowest BCUT2D eigenvalue weighted by atomic mass is 10.2. The molecule has 4 nitrogen and oxygen atoms in total. The summed E-state index contributed by atoms with van der Waals surface area (Å²) < 4.78 is 17.1. The number of aryl methyl sites for hydroxylation is 1. The zero-order valence-electron chi connectivity index (χ0n) is 12.7. The van der Waals surface area contributed by atoms with E-state index in [-0.39, 0.29) is 5.82 Å². The Morgan fingerprint density at radius 3 is 2.71 bits per heavy atom. The van der Waals surface area contributed by atoms with Gasteiger partial charge in [-0.15, -0.1) is 0 Å². The Kier molecular flexibility index (Phi) is 3.61. The fourth-order valence-corrected chi connectivity index (χ4v) is 2.96. The number of pyridine rings is 2. The molecule has 0 spiro atoms. The maximum atomic E-state index is 14.5. The highest BCUT2D eigenvalue weighted by molar-refractivity contribution is 9.10. The molecule has 118 valence electrons. The van der Waals surface area contributed by atoms with Crippen molar-refractivity contribution >= 4 is 27.0 Å². The molecule has 0 bridgehead atoms. The first-order valence-electron chi connectivity index (χ1n) is 7.34. The molecule has 3 aromatic heterocycles. The van der Waals surface area contributed by atoms with Crippen molar-refractivity contribution in [3.05, 3.63) is 71.0 Å². The summed E-state index contributed by atoms with van der Waals surface area (Å²) in [6.45, 7) is 1.92. The maximum absolute atomic E-state index is 14.5. The number of nitrogens with zero attached hydrogens (tertiary/aromatic N) is 4. The summed E-state index contributed by atoms with van der Waals surface area (Å²) in [6, 6.07) is 10.6. The van der Waals surface area contributed by atoms with Gasteiger partial charge in [0.15, 0.2) is 0 Å². The Morgan fingerprint density at radius 1 is 1.08 bits per heavy atom. The molecule has 0 aliphatic carbocycles. The Labute approximate surface area is 146 Å². The van der Waals surface area contributed by atoms with Crippen molar-refractivity contribution in [1.82, 2.24) is 19.5 Å². The molecule has 0 N–H and O–H groups in total. The third-order valence-corrected chi connectivity index (χ3v) is 4.28. The number of benzene rings is 1. The second kappa shape index (κ2) is 5.79. The summed E-state index contributed by atoms with van der Waals surface area (Å²) in [6.07, 6.45) is 5.15. The zero-order valence-corrected chi connectivity index (χ0v) is 14.3. The quantitative estimate of drug-likeness (QED) is 0.504. The third kappa shape index (κ3) is 2.49. The second-order valence-corrected chi connectivity index (χ2v) is 6.33. The molecule has 0 aliphatic heterocycles. The van der Waals surface area contributed by atoms with E-state index in [9.17, 15) is 4.39 Å². The van der Waals surface area contributed by atoms with Crippen molar-refractivity contribution in [3.8, 4) is 17.1 Å². The molecule has 24 heavy (non-hydrogen) atoms. The summed E-state index contributed by atoms with van der Waals surface area (Å²) in [5.41, 5.74) is 3.71. The van der Waals surface area contributed by atoms with Crippen LogP contribution in [-0.2, 0) is 0 Å². The molecule has 0 radical (unpaired) electrons. The van der Waals surface area contributed by atoms with E-state index in [1.807, 2.05) is 29.7 Å². The number of hydrogen-bond acceptors (Lipinski definition) is 3. The minimum absolute atomic E-state index is 0.339. The van der Waals surface area contributed by atoms with Crippen molar-refractivity contribution in [2.24, 2.45) is 0 Å². The van der Waals surface area contributed by atoms with Crippen LogP contribution in [-0.4, -0.2) is 19.5 Å². The predicted molar refractivity (Wildman–Crippen MR) is 94.5 cm³/mol. The van der Waals surface area contributed by atoms with Crippen molar-refractivity contribution in [2.45, 2.75) is 6.92 Å². The average molecular weight is 383 g/mol. The van der Waals surface area contributed by atoms with E-state index in [1.54, 1.807) is 30.7 Å². The van der Waals surface area contributed by atoms with Gasteiger partial charge in [0.1, 0.15) is 11.6 Å².